The van der Waals surface area contributed by atoms with Crippen molar-refractivity contribution >= 4 is 10.0 Å². The number of piperidine rings is 1. The Morgan fingerprint density at radius 3 is 2.69 bits per heavy atom. The van der Waals surface area contributed by atoms with Gasteiger partial charge in [0.2, 0.25) is 10.0 Å². The first-order chi connectivity index (χ1) is 7.64. The van der Waals surface area contributed by atoms with Crippen LogP contribution in [0.3, 0.4) is 0 Å². The molecule has 0 amide bonds. The Balaban J connectivity index is 2.27. The van der Waals surface area contributed by atoms with Gasteiger partial charge in [0.1, 0.15) is 0 Å². The van der Waals surface area contributed by atoms with Gasteiger partial charge in [0.15, 0.2) is 0 Å². The van der Waals surface area contributed by atoms with Crippen LogP contribution in [0.2, 0.25) is 0 Å². The molecule has 0 atom stereocenters. The molecule has 0 saturated carbocycles. The van der Waals surface area contributed by atoms with Crippen LogP contribution < -0.4 is 10.0 Å². The minimum Gasteiger partial charge on any atom is -0.317 e. The molecule has 0 spiro atoms. The number of allylic oxidation sites excluding steroid dienone is 1. The predicted octanol–water partition coefficient (Wildman–Crippen LogP) is 0.872. The standard InChI is InChI=1S/C11H22N2O2S/c1-2-3-4-7-13-16(14,15)10-11-5-8-12-9-6-11/h2-3,11-13H,4-10H2,1H3/b3-2+. The maximum Gasteiger partial charge on any atom is 0.211 e. The Bertz CT molecular complexity index is 306. The van der Waals surface area contributed by atoms with Crippen LogP contribution in [0.5, 0.6) is 0 Å². The number of hydrogen-bond donors (Lipinski definition) is 2. The topological polar surface area (TPSA) is 58.2 Å². The van der Waals surface area contributed by atoms with Gasteiger partial charge < -0.3 is 5.32 Å². The zero-order chi connectivity index (χ0) is 11.9. The second kappa shape index (κ2) is 7.04. The molecule has 1 heterocycles. The Labute approximate surface area is 98.6 Å². The van der Waals surface area contributed by atoms with Crippen LogP contribution in [0, 0.1) is 5.92 Å². The lowest BCUT2D eigenvalue weighted by Crippen LogP contribution is -2.35. The summed E-state index contributed by atoms with van der Waals surface area (Å²) in [6, 6.07) is 0. The first-order valence-corrected chi connectivity index (χ1v) is 7.58. The lowest BCUT2D eigenvalue weighted by Gasteiger charge is -2.22. The molecule has 16 heavy (non-hydrogen) atoms. The van der Waals surface area contributed by atoms with E-state index in [1.807, 2.05) is 19.1 Å². The van der Waals surface area contributed by atoms with Gasteiger partial charge in [-0.1, -0.05) is 12.2 Å². The summed E-state index contributed by atoms with van der Waals surface area (Å²) in [6.45, 7) is 4.33. The molecule has 0 aliphatic carbocycles. The molecule has 1 saturated heterocycles. The number of nitrogens with one attached hydrogen (secondary N) is 2. The van der Waals surface area contributed by atoms with Gasteiger partial charge in [-0.05, 0) is 45.2 Å². The number of hydrogen-bond acceptors (Lipinski definition) is 3. The van der Waals surface area contributed by atoms with Gasteiger partial charge in [-0.2, -0.15) is 0 Å². The molecule has 0 aromatic carbocycles. The zero-order valence-corrected chi connectivity index (χ0v) is 10.7. The lowest BCUT2D eigenvalue weighted by atomic mass is 10.0. The third-order valence-corrected chi connectivity index (χ3v) is 4.34. The van der Waals surface area contributed by atoms with Crippen molar-refractivity contribution in [1.82, 2.24) is 10.0 Å². The molecule has 5 heteroatoms. The van der Waals surface area contributed by atoms with Crippen molar-refractivity contribution < 1.29 is 8.42 Å². The van der Waals surface area contributed by atoms with Crippen molar-refractivity contribution in [1.29, 1.82) is 0 Å². The van der Waals surface area contributed by atoms with E-state index >= 15 is 0 Å². The van der Waals surface area contributed by atoms with Crippen molar-refractivity contribution in [2.75, 3.05) is 25.4 Å². The second-order valence-corrected chi connectivity index (χ2v) is 6.08. The fraction of sp³-hybridized carbons (Fsp3) is 0.818. The molecule has 0 unspecified atom stereocenters. The minimum atomic E-state index is -3.07. The van der Waals surface area contributed by atoms with E-state index in [4.69, 9.17) is 0 Å². The first kappa shape index (κ1) is 13.7. The highest BCUT2D eigenvalue weighted by atomic mass is 32.2. The maximum atomic E-state index is 11.7. The quantitative estimate of drug-likeness (QED) is 0.540. The average Bonchev–Trinajstić information content (AvgIpc) is 2.25. The summed E-state index contributed by atoms with van der Waals surface area (Å²) in [5, 5.41) is 3.24. The van der Waals surface area contributed by atoms with Crippen molar-refractivity contribution in [3.8, 4) is 0 Å². The summed E-state index contributed by atoms with van der Waals surface area (Å²) < 4.78 is 26.1. The van der Waals surface area contributed by atoms with Crippen LogP contribution in [0.1, 0.15) is 26.2 Å². The minimum absolute atomic E-state index is 0.282. The highest BCUT2D eigenvalue weighted by Gasteiger charge is 2.20. The van der Waals surface area contributed by atoms with E-state index in [1.165, 1.54) is 0 Å². The van der Waals surface area contributed by atoms with Crippen LogP contribution in [-0.2, 0) is 10.0 Å². The summed E-state index contributed by atoms with van der Waals surface area (Å²) in [5.41, 5.74) is 0. The smallest absolute Gasteiger partial charge is 0.211 e. The summed E-state index contributed by atoms with van der Waals surface area (Å²) in [7, 11) is -3.07. The average molecular weight is 246 g/mol. The van der Waals surface area contributed by atoms with E-state index in [9.17, 15) is 8.42 Å². The van der Waals surface area contributed by atoms with Gasteiger partial charge in [0.25, 0.3) is 0 Å². The summed E-state index contributed by atoms with van der Waals surface area (Å²) >= 11 is 0. The van der Waals surface area contributed by atoms with E-state index in [1.54, 1.807) is 0 Å². The van der Waals surface area contributed by atoms with Crippen LogP contribution >= 0.6 is 0 Å². The third kappa shape index (κ3) is 5.63. The molecule has 1 aliphatic rings. The van der Waals surface area contributed by atoms with E-state index in [0.717, 1.165) is 32.4 Å². The Hall–Kier alpha value is -0.390. The third-order valence-electron chi connectivity index (χ3n) is 2.78. The SMILES string of the molecule is C/C=C/CCNS(=O)(=O)CC1CCNCC1. The molecule has 0 radical (unpaired) electrons. The van der Waals surface area contributed by atoms with Crippen LogP contribution in [0.25, 0.3) is 0 Å². The van der Waals surface area contributed by atoms with Gasteiger partial charge >= 0.3 is 0 Å². The molecular weight excluding hydrogens is 224 g/mol. The fourth-order valence-electron chi connectivity index (χ4n) is 1.88. The summed E-state index contributed by atoms with van der Waals surface area (Å²) in [6.07, 6.45) is 6.60. The molecule has 2 N–H and O–H groups in total. The molecular formula is C11H22N2O2S. The molecule has 1 fully saturated rings. The highest BCUT2D eigenvalue weighted by Crippen LogP contribution is 2.13. The maximum absolute atomic E-state index is 11.7. The summed E-state index contributed by atoms with van der Waals surface area (Å²) in [5.74, 6) is 0.602. The van der Waals surface area contributed by atoms with E-state index < -0.39 is 10.0 Å². The van der Waals surface area contributed by atoms with Crippen molar-refractivity contribution in [2.24, 2.45) is 5.92 Å². The van der Waals surface area contributed by atoms with E-state index in [0.29, 0.717) is 12.5 Å². The van der Waals surface area contributed by atoms with E-state index in [-0.39, 0.29) is 5.75 Å². The van der Waals surface area contributed by atoms with Crippen molar-refractivity contribution in [3.63, 3.8) is 0 Å². The molecule has 4 nitrogen and oxygen atoms in total. The Morgan fingerprint density at radius 2 is 2.06 bits per heavy atom. The fourth-order valence-corrected chi connectivity index (χ4v) is 3.38. The highest BCUT2D eigenvalue weighted by molar-refractivity contribution is 7.89. The number of rotatable bonds is 6. The van der Waals surface area contributed by atoms with Gasteiger partial charge in [-0.25, -0.2) is 13.1 Å². The second-order valence-electron chi connectivity index (χ2n) is 4.23. The molecule has 0 bridgehead atoms. The van der Waals surface area contributed by atoms with Crippen molar-refractivity contribution in [3.05, 3.63) is 12.2 Å². The predicted molar refractivity (Wildman–Crippen MR) is 66.8 cm³/mol. The lowest BCUT2D eigenvalue weighted by molar-refractivity contribution is 0.400. The van der Waals surface area contributed by atoms with Gasteiger partial charge in [0, 0.05) is 6.54 Å². The van der Waals surface area contributed by atoms with E-state index in [2.05, 4.69) is 10.0 Å². The number of sulfonamides is 1. The Morgan fingerprint density at radius 1 is 1.38 bits per heavy atom. The van der Waals surface area contributed by atoms with Crippen LogP contribution in [0.4, 0.5) is 0 Å². The Kier molecular flexibility index (Phi) is 6.01. The normalized spacial score (nSPS) is 19.3. The van der Waals surface area contributed by atoms with Crippen molar-refractivity contribution in [2.45, 2.75) is 26.2 Å². The monoisotopic (exact) mass is 246 g/mol. The largest absolute Gasteiger partial charge is 0.317 e. The molecule has 94 valence electrons. The summed E-state index contributed by atoms with van der Waals surface area (Å²) in [4.78, 5) is 0. The molecule has 1 aliphatic heterocycles. The molecule has 0 aromatic rings. The van der Waals surface area contributed by atoms with Gasteiger partial charge in [0.05, 0.1) is 5.75 Å². The molecule has 0 aromatic heterocycles. The van der Waals surface area contributed by atoms with Gasteiger partial charge in [-0.15, -0.1) is 0 Å². The first-order valence-electron chi connectivity index (χ1n) is 5.93. The van der Waals surface area contributed by atoms with Crippen LogP contribution in [-0.4, -0.2) is 33.8 Å². The molecule has 1 rings (SSSR count). The zero-order valence-electron chi connectivity index (χ0n) is 9.91. The van der Waals surface area contributed by atoms with Crippen LogP contribution in [0.15, 0.2) is 12.2 Å². The van der Waals surface area contributed by atoms with Gasteiger partial charge in [-0.3, -0.25) is 0 Å².